The van der Waals surface area contributed by atoms with Gasteiger partial charge >= 0.3 is 5.97 Å². The molecule has 0 aliphatic heterocycles. The fourth-order valence-corrected chi connectivity index (χ4v) is 2.60. The number of carbonyl (C=O) groups is 2. The van der Waals surface area contributed by atoms with Gasteiger partial charge in [0.25, 0.3) is 5.91 Å². The lowest BCUT2D eigenvalue weighted by atomic mass is 10.1. The number of nitrogens with one attached hydrogen (secondary N) is 2. The van der Waals surface area contributed by atoms with Crippen molar-refractivity contribution in [1.29, 1.82) is 0 Å². The quantitative estimate of drug-likeness (QED) is 0.558. The van der Waals surface area contributed by atoms with Gasteiger partial charge in [-0.05, 0) is 44.9 Å². The van der Waals surface area contributed by atoms with Gasteiger partial charge in [-0.1, -0.05) is 12.1 Å². The Morgan fingerprint density at radius 1 is 1.23 bits per heavy atom. The van der Waals surface area contributed by atoms with Gasteiger partial charge in [0.05, 0.1) is 18.8 Å². The number of benzene rings is 1. The summed E-state index contributed by atoms with van der Waals surface area (Å²) in [6.07, 6.45) is 0.521. The Labute approximate surface area is 151 Å². The van der Waals surface area contributed by atoms with Crippen LogP contribution in [0.15, 0.2) is 24.3 Å². The zero-order valence-corrected chi connectivity index (χ0v) is 15.1. The van der Waals surface area contributed by atoms with E-state index in [0.717, 1.165) is 0 Å². The van der Waals surface area contributed by atoms with E-state index in [-0.39, 0.29) is 30.6 Å². The van der Waals surface area contributed by atoms with Gasteiger partial charge in [0, 0.05) is 12.2 Å². The van der Waals surface area contributed by atoms with Gasteiger partial charge in [-0.2, -0.15) is 0 Å². The zero-order valence-electron chi connectivity index (χ0n) is 15.1. The number of H-pyrrole nitrogens is 1. The lowest BCUT2D eigenvalue weighted by Gasteiger charge is -2.08. The van der Waals surface area contributed by atoms with Gasteiger partial charge in [-0.25, -0.2) is 9.18 Å². The highest BCUT2D eigenvalue weighted by molar-refractivity contribution is 6.01. The van der Waals surface area contributed by atoms with E-state index in [9.17, 15) is 14.0 Å². The average Bonchev–Trinajstić information content (AvgIpc) is 2.91. The van der Waals surface area contributed by atoms with Crippen LogP contribution in [0.1, 0.15) is 45.4 Å². The number of aryl methyl sites for hydroxylation is 1. The molecule has 0 unspecified atom stereocenters. The molecule has 0 aliphatic rings. The second-order valence-electron chi connectivity index (χ2n) is 5.73. The molecule has 2 rings (SSSR count). The molecule has 1 amide bonds. The summed E-state index contributed by atoms with van der Waals surface area (Å²) in [5.41, 5.74) is 1.88. The molecule has 2 aromatic rings. The van der Waals surface area contributed by atoms with E-state index < -0.39 is 11.8 Å². The number of hydrogen-bond donors (Lipinski definition) is 2. The normalized spacial score (nSPS) is 10.5. The number of ether oxygens (including phenoxy) is 2. The van der Waals surface area contributed by atoms with E-state index in [0.29, 0.717) is 29.8 Å². The van der Waals surface area contributed by atoms with Crippen molar-refractivity contribution in [3.8, 4) is 5.75 Å². The third-order valence-electron chi connectivity index (χ3n) is 3.85. The zero-order chi connectivity index (χ0) is 19.1. The highest BCUT2D eigenvalue weighted by atomic mass is 19.1. The average molecular weight is 362 g/mol. The maximum Gasteiger partial charge on any atom is 0.355 e. The van der Waals surface area contributed by atoms with E-state index in [4.69, 9.17) is 9.47 Å². The van der Waals surface area contributed by atoms with Crippen molar-refractivity contribution < 1.29 is 23.5 Å². The van der Waals surface area contributed by atoms with E-state index >= 15 is 0 Å². The molecule has 0 spiro atoms. The van der Waals surface area contributed by atoms with Crippen LogP contribution in [0.4, 0.5) is 4.39 Å². The summed E-state index contributed by atoms with van der Waals surface area (Å²) in [7, 11) is 0. The maximum atomic E-state index is 13.4. The van der Waals surface area contributed by atoms with Gasteiger partial charge in [0.1, 0.15) is 5.69 Å². The molecule has 2 N–H and O–H groups in total. The predicted molar refractivity (Wildman–Crippen MR) is 95.1 cm³/mol. The fraction of sp³-hybridized carbons (Fsp3) is 0.368. The SMILES string of the molecule is CCOC(=O)c1[nH]c(C)c(C(=O)NCCCOc2ccccc2F)c1C. The second kappa shape index (κ2) is 9.03. The molecule has 0 saturated heterocycles. The van der Waals surface area contributed by atoms with Crippen molar-refractivity contribution in [3.05, 3.63) is 52.6 Å². The van der Waals surface area contributed by atoms with Crippen molar-refractivity contribution in [2.75, 3.05) is 19.8 Å². The monoisotopic (exact) mass is 362 g/mol. The molecule has 1 heterocycles. The minimum Gasteiger partial charge on any atom is -0.490 e. The van der Waals surface area contributed by atoms with E-state index in [1.165, 1.54) is 6.07 Å². The fourth-order valence-electron chi connectivity index (χ4n) is 2.60. The minimum atomic E-state index is -0.481. The first-order valence-corrected chi connectivity index (χ1v) is 8.47. The molecule has 0 fully saturated rings. The summed E-state index contributed by atoms with van der Waals surface area (Å²) in [4.78, 5) is 27.2. The third kappa shape index (κ3) is 4.62. The molecule has 6 nitrogen and oxygen atoms in total. The van der Waals surface area contributed by atoms with Crippen LogP contribution in [-0.4, -0.2) is 36.6 Å². The van der Waals surface area contributed by atoms with E-state index in [2.05, 4.69) is 10.3 Å². The molecule has 7 heteroatoms. The summed E-state index contributed by atoms with van der Waals surface area (Å²) in [5, 5.41) is 2.78. The summed E-state index contributed by atoms with van der Waals surface area (Å²) in [6.45, 7) is 6.06. The van der Waals surface area contributed by atoms with Crippen LogP contribution in [0.2, 0.25) is 0 Å². The molecular weight excluding hydrogens is 339 g/mol. The van der Waals surface area contributed by atoms with Crippen molar-refractivity contribution >= 4 is 11.9 Å². The Kier molecular flexibility index (Phi) is 6.77. The minimum absolute atomic E-state index is 0.190. The Morgan fingerprint density at radius 3 is 2.65 bits per heavy atom. The highest BCUT2D eigenvalue weighted by Crippen LogP contribution is 2.19. The number of esters is 1. The number of aromatic nitrogens is 1. The summed E-state index contributed by atoms with van der Waals surface area (Å²) in [5.74, 6) is -0.986. The summed E-state index contributed by atoms with van der Waals surface area (Å²) < 4.78 is 23.7. The van der Waals surface area contributed by atoms with Crippen molar-refractivity contribution in [2.45, 2.75) is 27.2 Å². The van der Waals surface area contributed by atoms with Crippen LogP contribution in [0.3, 0.4) is 0 Å². The Morgan fingerprint density at radius 2 is 1.96 bits per heavy atom. The smallest absolute Gasteiger partial charge is 0.355 e. The van der Waals surface area contributed by atoms with Crippen LogP contribution in [-0.2, 0) is 4.74 Å². The van der Waals surface area contributed by atoms with E-state index in [1.807, 2.05) is 0 Å². The molecule has 0 radical (unpaired) electrons. The van der Waals surface area contributed by atoms with Crippen LogP contribution in [0.5, 0.6) is 5.75 Å². The van der Waals surface area contributed by atoms with Gasteiger partial charge < -0.3 is 19.8 Å². The van der Waals surface area contributed by atoms with Crippen molar-refractivity contribution in [3.63, 3.8) is 0 Å². The maximum absolute atomic E-state index is 13.4. The lowest BCUT2D eigenvalue weighted by Crippen LogP contribution is -2.26. The first-order chi connectivity index (χ1) is 12.5. The van der Waals surface area contributed by atoms with Crippen LogP contribution in [0, 0.1) is 19.7 Å². The lowest BCUT2D eigenvalue weighted by molar-refractivity contribution is 0.0519. The van der Waals surface area contributed by atoms with Gasteiger partial charge in [-0.15, -0.1) is 0 Å². The summed E-state index contributed by atoms with van der Waals surface area (Å²) in [6, 6.07) is 6.17. The molecule has 140 valence electrons. The predicted octanol–water partition coefficient (Wildman–Crippen LogP) is 3.15. The molecule has 26 heavy (non-hydrogen) atoms. The van der Waals surface area contributed by atoms with Crippen molar-refractivity contribution in [2.24, 2.45) is 0 Å². The standard InChI is InChI=1S/C19H23FN2O4/c1-4-25-19(24)17-12(2)16(13(3)22-17)18(23)21-10-7-11-26-15-9-6-5-8-14(15)20/h5-6,8-9,22H,4,7,10-11H2,1-3H3,(H,21,23). The van der Waals surface area contributed by atoms with Crippen LogP contribution < -0.4 is 10.1 Å². The number of carbonyl (C=O) groups excluding carboxylic acids is 2. The molecule has 0 bridgehead atoms. The Balaban J connectivity index is 1.86. The molecule has 1 aromatic heterocycles. The third-order valence-corrected chi connectivity index (χ3v) is 3.85. The van der Waals surface area contributed by atoms with Gasteiger partial charge in [0.15, 0.2) is 11.6 Å². The van der Waals surface area contributed by atoms with E-state index in [1.54, 1.807) is 39.0 Å². The molecule has 1 aromatic carbocycles. The molecule has 0 saturated carbocycles. The molecule has 0 aliphatic carbocycles. The number of hydrogen-bond acceptors (Lipinski definition) is 4. The molecular formula is C19H23FN2O4. The Hall–Kier alpha value is -2.83. The first-order valence-electron chi connectivity index (χ1n) is 8.47. The van der Waals surface area contributed by atoms with Crippen LogP contribution in [0.25, 0.3) is 0 Å². The Bertz CT molecular complexity index is 786. The largest absolute Gasteiger partial charge is 0.490 e. The summed E-state index contributed by atoms with van der Waals surface area (Å²) >= 11 is 0. The number of halogens is 1. The molecule has 0 atom stereocenters. The van der Waals surface area contributed by atoms with Gasteiger partial charge in [-0.3, -0.25) is 4.79 Å². The van der Waals surface area contributed by atoms with Crippen LogP contribution >= 0.6 is 0 Å². The topological polar surface area (TPSA) is 80.4 Å². The number of aromatic amines is 1. The second-order valence-corrected chi connectivity index (χ2v) is 5.73. The van der Waals surface area contributed by atoms with Gasteiger partial charge in [0.2, 0.25) is 0 Å². The number of para-hydroxylation sites is 1. The first kappa shape index (κ1) is 19.5. The van der Waals surface area contributed by atoms with Crippen molar-refractivity contribution in [1.82, 2.24) is 10.3 Å². The number of amides is 1. The number of rotatable bonds is 8. The highest BCUT2D eigenvalue weighted by Gasteiger charge is 2.22.